The Hall–Kier alpha value is -2.06. The monoisotopic (exact) mass is 323 g/mol. The fourth-order valence-corrected chi connectivity index (χ4v) is 3.70. The maximum absolute atomic E-state index is 13.9. The first-order valence-corrected chi connectivity index (χ1v) is 8.16. The third kappa shape index (κ3) is 2.55. The molecule has 0 saturated carbocycles. The molecule has 116 valence electrons. The molecule has 0 amide bonds. The van der Waals surface area contributed by atoms with Gasteiger partial charge in [0.05, 0.1) is 23.7 Å². The van der Waals surface area contributed by atoms with Gasteiger partial charge in [0.1, 0.15) is 6.33 Å². The van der Waals surface area contributed by atoms with Crippen molar-refractivity contribution in [2.45, 2.75) is 24.9 Å². The lowest BCUT2D eigenvalue weighted by molar-refractivity contribution is 0.321. The van der Waals surface area contributed by atoms with E-state index in [1.54, 1.807) is 13.1 Å². The van der Waals surface area contributed by atoms with E-state index in [2.05, 4.69) is 9.97 Å². The molecule has 22 heavy (non-hydrogen) atoms. The molecule has 0 spiro atoms. The van der Waals surface area contributed by atoms with Crippen molar-refractivity contribution < 1.29 is 17.5 Å². The van der Waals surface area contributed by atoms with Crippen molar-refractivity contribution in [3.05, 3.63) is 47.8 Å². The maximum Gasteiger partial charge on any atom is 0.243 e. The molecule has 0 radical (unpaired) electrons. The smallest absolute Gasteiger partial charge is 0.243 e. The van der Waals surface area contributed by atoms with Crippen LogP contribution >= 0.6 is 0 Å². The number of aromatic nitrogens is 2. The maximum atomic E-state index is 13.9. The minimum absolute atomic E-state index is 0.0389. The minimum Gasteiger partial charge on any atom is -0.491 e. The number of halogens is 1. The lowest BCUT2D eigenvalue weighted by Gasteiger charge is -2.16. The average Bonchev–Trinajstić information content (AvgIpc) is 2.94. The van der Waals surface area contributed by atoms with E-state index in [1.807, 2.05) is 0 Å². The van der Waals surface area contributed by atoms with Crippen LogP contribution in [0.3, 0.4) is 0 Å². The Kier molecular flexibility index (Phi) is 3.79. The van der Waals surface area contributed by atoms with Gasteiger partial charge in [0.2, 0.25) is 10.0 Å². The molecular weight excluding hydrogens is 309 g/mol. The number of benzene rings is 1. The molecule has 2 heterocycles. The van der Waals surface area contributed by atoms with E-state index in [1.165, 1.54) is 22.8 Å². The van der Waals surface area contributed by atoms with Crippen molar-refractivity contribution in [2.75, 3.05) is 6.61 Å². The zero-order valence-corrected chi connectivity index (χ0v) is 12.7. The van der Waals surface area contributed by atoms with Gasteiger partial charge < -0.3 is 4.74 Å². The third-order valence-electron chi connectivity index (χ3n) is 3.40. The number of nitrogens with zero attached hydrogens (tertiary/aromatic N) is 3. The highest BCUT2D eigenvalue weighted by Gasteiger charge is 2.32. The molecule has 1 aliphatic rings. The van der Waals surface area contributed by atoms with E-state index in [0.717, 1.165) is 11.6 Å². The molecule has 0 aliphatic carbocycles. The van der Waals surface area contributed by atoms with Crippen LogP contribution in [-0.4, -0.2) is 29.3 Å². The van der Waals surface area contributed by atoms with Gasteiger partial charge in [0, 0.05) is 18.3 Å². The fraction of sp³-hybridized carbons (Fsp3) is 0.286. The van der Waals surface area contributed by atoms with Crippen LogP contribution in [0.2, 0.25) is 0 Å². The molecule has 1 aromatic heterocycles. The van der Waals surface area contributed by atoms with Gasteiger partial charge in [-0.25, -0.2) is 22.8 Å². The Morgan fingerprint density at radius 1 is 1.36 bits per heavy atom. The third-order valence-corrected chi connectivity index (χ3v) is 5.18. The van der Waals surface area contributed by atoms with Crippen LogP contribution in [0.15, 0.2) is 35.6 Å². The summed E-state index contributed by atoms with van der Waals surface area (Å²) in [6.07, 6.45) is 2.97. The van der Waals surface area contributed by atoms with E-state index in [0.29, 0.717) is 12.3 Å². The van der Waals surface area contributed by atoms with Crippen molar-refractivity contribution in [1.82, 2.24) is 14.3 Å². The molecule has 0 saturated heterocycles. The van der Waals surface area contributed by atoms with Gasteiger partial charge in [-0.05, 0) is 25.1 Å². The van der Waals surface area contributed by atoms with E-state index >= 15 is 0 Å². The summed E-state index contributed by atoms with van der Waals surface area (Å²) in [5.41, 5.74) is 1.43. The predicted octanol–water partition coefficient (Wildman–Crippen LogP) is 1.72. The molecule has 0 unspecified atom stereocenters. The predicted molar refractivity (Wildman–Crippen MR) is 76.0 cm³/mol. The van der Waals surface area contributed by atoms with Crippen molar-refractivity contribution in [3.63, 3.8) is 0 Å². The molecule has 3 rings (SSSR count). The Morgan fingerprint density at radius 2 is 2.18 bits per heavy atom. The lowest BCUT2D eigenvalue weighted by atomic mass is 10.3. The largest absolute Gasteiger partial charge is 0.491 e. The summed E-state index contributed by atoms with van der Waals surface area (Å²) in [6, 6.07) is 3.65. The summed E-state index contributed by atoms with van der Waals surface area (Å²) in [6.45, 7) is 2.39. The first kappa shape index (κ1) is 14.9. The van der Waals surface area contributed by atoms with E-state index in [9.17, 15) is 12.8 Å². The normalized spacial score (nSPS) is 14.8. The van der Waals surface area contributed by atoms with Gasteiger partial charge in [-0.3, -0.25) is 0 Å². The van der Waals surface area contributed by atoms with E-state index < -0.39 is 15.8 Å². The van der Waals surface area contributed by atoms with E-state index in [4.69, 9.17) is 4.74 Å². The average molecular weight is 323 g/mol. The van der Waals surface area contributed by atoms with Crippen LogP contribution in [0.4, 0.5) is 4.39 Å². The first-order chi connectivity index (χ1) is 10.5. The second kappa shape index (κ2) is 5.62. The van der Waals surface area contributed by atoms with Crippen LogP contribution in [0.1, 0.15) is 18.2 Å². The molecule has 8 heteroatoms. The molecule has 0 fully saturated rings. The van der Waals surface area contributed by atoms with Crippen LogP contribution in [0, 0.1) is 5.82 Å². The zero-order chi connectivity index (χ0) is 15.7. The molecule has 0 N–H and O–H groups in total. The number of hydrogen-bond acceptors (Lipinski definition) is 5. The summed E-state index contributed by atoms with van der Waals surface area (Å²) >= 11 is 0. The highest BCUT2D eigenvalue weighted by molar-refractivity contribution is 7.89. The van der Waals surface area contributed by atoms with Gasteiger partial charge in [0.15, 0.2) is 11.6 Å². The molecule has 2 aromatic rings. The van der Waals surface area contributed by atoms with Gasteiger partial charge in [-0.1, -0.05) is 0 Å². The summed E-state index contributed by atoms with van der Waals surface area (Å²) in [5, 5.41) is 0. The second-order valence-corrected chi connectivity index (χ2v) is 6.73. The van der Waals surface area contributed by atoms with Crippen molar-refractivity contribution >= 4 is 10.0 Å². The number of ether oxygens (including phenoxy) is 1. The number of hydrogen-bond donors (Lipinski definition) is 0. The topological polar surface area (TPSA) is 72.4 Å². The minimum atomic E-state index is -3.79. The van der Waals surface area contributed by atoms with Crippen molar-refractivity contribution in [1.29, 1.82) is 0 Å². The molecule has 6 nitrogen and oxygen atoms in total. The standard InChI is InChI=1S/C14H14FN3O3S/c1-2-21-14-4-3-11(5-12(14)15)22(19,20)18-7-10-6-16-9-17-13(10)8-18/h3-6,9H,2,7-8H2,1H3. The van der Waals surface area contributed by atoms with Crippen molar-refractivity contribution in [2.24, 2.45) is 0 Å². The van der Waals surface area contributed by atoms with Crippen LogP contribution in [-0.2, 0) is 23.1 Å². The molecule has 1 aliphatic heterocycles. The zero-order valence-electron chi connectivity index (χ0n) is 11.9. The van der Waals surface area contributed by atoms with E-state index in [-0.39, 0.29) is 23.7 Å². The quantitative estimate of drug-likeness (QED) is 0.856. The summed E-state index contributed by atoms with van der Waals surface area (Å²) in [4.78, 5) is 7.84. The fourth-order valence-electron chi connectivity index (χ4n) is 2.30. The van der Waals surface area contributed by atoms with Gasteiger partial charge in [0.25, 0.3) is 0 Å². The lowest BCUT2D eigenvalue weighted by Crippen LogP contribution is -2.25. The first-order valence-electron chi connectivity index (χ1n) is 6.72. The number of sulfonamides is 1. The number of fused-ring (bicyclic) bond motifs is 1. The van der Waals surface area contributed by atoms with Crippen LogP contribution < -0.4 is 4.74 Å². The van der Waals surface area contributed by atoms with Gasteiger partial charge >= 0.3 is 0 Å². The highest BCUT2D eigenvalue weighted by Crippen LogP contribution is 2.29. The molecule has 0 atom stereocenters. The Balaban J connectivity index is 1.90. The number of rotatable bonds is 4. The van der Waals surface area contributed by atoms with Crippen LogP contribution in [0.25, 0.3) is 0 Å². The summed E-state index contributed by atoms with van der Waals surface area (Å²) in [7, 11) is -3.79. The Labute approximate surface area is 127 Å². The second-order valence-electron chi connectivity index (χ2n) is 4.79. The molecule has 0 bridgehead atoms. The van der Waals surface area contributed by atoms with Gasteiger partial charge in [-0.2, -0.15) is 4.31 Å². The summed E-state index contributed by atoms with van der Waals surface area (Å²) in [5.74, 6) is -0.656. The van der Waals surface area contributed by atoms with Gasteiger partial charge in [-0.15, -0.1) is 0 Å². The molecular formula is C14H14FN3O3S. The SMILES string of the molecule is CCOc1ccc(S(=O)(=O)N2Cc3cncnc3C2)cc1F. The van der Waals surface area contributed by atoms with Crippen molar-refractivity contribution in [3.8, 4) is 5.75 Å². The molecule has 1 aromatic carbocycles. The Bertz CT molecular complexity index is 786. The highest BCUT2D eigenvalue weighted by atomic mass is 32.2. The Morgan fingerprint density at radius 3 is 2.86 bits per heavy atom. The van der Waals surface area contributed by atoms with Crippen LogP contribution in [0.5, 0.6) is 5.75 Å². The summed E-state index contributed by atoms with van der Waals surface area (Å²) < 4.78 is 45.4.